The van der Waals surface area contributed by atoms with E-state index in [1.54, 1.807) is 17.0 Å². The number of rotatable bonds is 15. The number of urea groups is 1. The van der Waals surface area contributed by atoms with Gasteiger partial charge in [0, 0.05) is 19.1 Å². The number of benzene rings is 3. The lowest BCUT2D eigenvalue weighted by Crippen LogP contribution is -2.59. The van der Waals surface area contributed by atoms with Crippen molar-refractivity contribution in [2.24, 2.45) is 5.92 Å². The number of aliphatic hydroxyl groups excluding tert-OH is 1. The van der Waals surface area contributed by atoms with Gasteiger partial charge in [0.1, 0.15) is 17.6 Å². The van der Waals surface area contributed by atoms with Crippen molar-refractivity contribution in [3.8, 4) is 5.75 Å². The quantitative estimate of drug-likeness (QED) is 0.194. The van der Waals surface area contributed by atoms with Crippen molar-refractivity contribution in [3.63, 3.8) is 0 Å². The first-order chi connectivity index (χ1) is 22.5. The van der Waals surface area contributed by atoms with Gasteiger partial charge in [-0.1, -0.05) is 74.5 Å². The molecule has 0 bridgehead atoms. The summed E-state index contributed by atoms with van der Waals surface area (Å²) in [6, 6.07) is 19.0. The third-order valence-corrected chi connectivity index (χ3v) is 8.48. The van der Waals surface area contributed by atoms with Crippen molar-refractivity contribution >= 4 is 17.8 Å². The fraction of sp³-hybridized carbons (Fsp3) is 0.432. The van der Waals surface area contributed by atoms with Crippen LogP contribution in [0, 0.1) is 25.6 Å². The summed E-state index contributed by atoms with van der Waals surface area (Å²) < 4.78 is 19.6. The largest absolute Gasteiger partial charge is 0.483 e. The molecular weight excluding hydrogens is 599 g/mol. The minimum atomic E-state index is -1.07. The monoisotopic (exact) mass is 646 g/mol. The number of para-hydroxylation sites is 1. The fourth-order valence-corrected chi connectivity index (χ4v) is 6.12. The molecule has 0 saturated carbocycles. The molecular formula is C37H47FN4O5. The van der Waals surface area contributed by atoms with Gasteiger partial charge in [-0.15, -0.1) is 0 Å². The third-order valence-electron chi connectivity index (χ3n) is 8.48. The lowest BCUT2D eigenvalue weighted by atomic mass is 9.92. The number of nitrogens with zero attached hydrogens (tertiary/aromatic N) is 1. The summed E-state index contributed by atoms with van der Waals surface area (Å²) in [5, 5.41) is 20.6. The smallest absolute Gasteiger partial charge is 0.318 e. The second-order valence-electron chi connectivity index (χ2n) is 12.7. The van der Waals surface area contributed by atoms with Crippen LogP contribution in [0.4, 0.5) is 9.18 Å². The molecule has 252 valence electrons. The van der Waals surface area contributed by atoms with Gasteiger partial charge in [-0.05, 0) is 79.8 Å². The van der Waals surface area contributed by atoms with Crippen LogP contribution in [0.3, 0.4) is 0 Å². The van der Waals surface area contributed by atoms with Crippen LogP contribution in [0.25, 0.3) is 0 Å². The summed E-state index contributed by atoms with van der Waals surface area (Å²) >= 11 is 0. The number of hydrogen-bond acceptors (Lipinski definition) is 5. The van der Waals surface area contributed by atoms with Gasteiger partial charge in [0.2, 0.25) is 5.91 Å². The Bertz CT molecular complexity index is 1460. The van der Waals surface area contributed by atoms with Crippen molar-refractivity contribution in [1.29, 1.82) is 0 Å². The molecule has 1 heterocycles. The van der Waals surface area contributed by atoms with Crippen molar-refractivity contribution in [3.05, 3.63) is 101 Å². The molecule has 0 unspecified atom stereocenters. The zero-order chi connectivity index (χ0) is 33.9. The molecule has 4 N–H and O–H groups in total. The topological polar surface area (TPSA) is 120 Å². The summed E-state index contributed by atoms with van der Waals surface area (Å²) in [5.74, 6) is -0.618. The molecule has 0 spiro atoms. The molecule has 47 heavy (non-hydrogen) atoms. The Kier molecular flexibility index (Phi) is 12.8. The van der Waals surface area contributed by atoms with Crippen LogP contribution in [0.2, 0.25) is 0 Å². The van der Waals surface area contributed by atoms with E-state index in [0.29, 0.717) is 31.7 Å². The summed E-state index contributed by atoms with van der Waals surface area (Å²) in [4.78, 5) is 41.3. The molecule has 0 radical (unpaired) electrons. The van der Waals surface area contributed by atoms with Crippen molar-refractivity contribution in [2.45, 2.75) is 77.6 Å². The van der Waals surface area contributed by atoms with Crippen LogP contribution >= 0.6 is 0 Å². The number of amides is 4. The molecule has 9 nitrogen and oxygen atoms in total. The molecule has 0 aromatic heterocycles. The maximum Gasteiger partial charge on any atom is 0.318 e. The predicted octanol–water partition coefficient (Wildman–Crippen LogP) is 4.47. The Hall–Kier alpha value is -4.44. The maximum absolute atomic E-state index is 13.8. The highest BCUT2D eigenvalue weighted by Crippen LogP contribution is 2.22. The number of ether oxygens (including phenoxy) is 1. The number of carbonyl (C=O) groups is 3. The minimum Gasteiger partial charge on any atom is -0.483 e. The third kappa shape index (κ3) is 10.3. The molecule has 4 rings (SSSR count). The molecule has 1 fully saturated rings. The summed E-state index contributed by atoms with van der Waals surface area (Å²) in [6.07, 6.45) is 0.406. The molecule has 1 saturated heterocycles. The average molecular weight is 647 g/mol. The molecule has 10 heteroatoms. The number of nitrogens with one attached hydrogen (secondary N) is 3. The van der Waals surface area contributed by atoms with E-state index < -0.39 is 24.2 Å². The Balaban J connectivity index is 1.54. The highest BCUT2D eigenvalue weighted by atomic mass is 19.1. The lowest BCUT2D eigenvalue weighted by Gasteiger charge is -2.37. The van der Waals surface area contributed by atoms with Gasteiger partial charge >= 0.3 is 6.03 Å². The normalized spacial score (nSPS) is 15.7. The van der Waals surface area contributed by atoms with Gasteiger partial charge in [-0.2, -0.15) is 0 Å². The van der Waals surface area contributed by atoms with E-state index in [1.165, 1.54) is 12.1 Å². The zero-order valence-electron chi connectivity index (χ0n) is 27.7. The fourth-order valence-electron chi connectivity index (χ4n) is 6.12. The van der Waals surface area contributed by atoms with Crippen molar-refractivity contribution in [1.82, 2.24) is 20.9 Å². The molecule has 1 aliphatic rings. The number of aryl methyl sites for hydroxylation is 2. The molecule has 4 amide bonds. The van der Waals surface area contributed by atoms with E-state index in [-0.39, 0.29) is 42.6 Å². The minimum absolute atomic E-state index is 0.0929. The van der Waals surface area contributed by atoms with E-state index in [9.17, 15) is 23.9 Å². The first-order valence-corrected chi connectivity index (χ1v) is 16.3. The van der Waals surface area contributed by atoms with E-state index in [2.05, 4.69) is 16.0 Å². The predicted molar refractivity (Wildman–Crippen MR) is 179 cm³/mol. The van der Waals surface area contributed by atoms with E-state index in [1.807, 2.05) is 76.2 Å². The Labute approximate surface area is 276 Å². The standard InChI is InChI=1S/C37H47FN4O5/c1-24(2)34(42-19-9-18-39-37(42)46)36(45)40-30(20-28-14-16-29(38)17-15-28)22-32(43)31(21-27-12-6-5-7-13-27)41-33(44)23-47-35-25(3)10-8-11-26(35)4/h5-8,10-17,24,30-32,34,43H,9,18-23H2,1-4H3,(H,39,46)(H,40,45)(H,41,44)/t30-,31-,32-,34-/m0/s1. The van der Waals surface area contributed by atoms with E-state index in [4.69, 9.17) is 4.74 Å². The Morgan fingerprint density at radius 2 is 1.60 bits per heavy atom. The average Bonchev–Trinajstić information content (AvgIpc) is 3.03. The van der Waals surface area contributed by atoms with Gasteiger partial charge in [-0.25, -0.2) is 9.18 Å². The van der Waals surface area contributed by atoms with Gasteiger partial charge < -0.3 is 30.7 Å². The van der Waals surface area contributed by atoms with Crippen LogP contribution in [0.1, 0.15) is 48.9 Å². The maximum atomic E-state index is 13.8. The van der Waals surface area contributed by atoms with Gasteiger partial charge in [-0.3, -0.25) is 9.59 Å². The summed E-state index contributed by atoms with van der Waals surface area (Å²) in [5.41, 5.74) is 3.52. The number of hydrogen-bond donors (Lipinski definition) is 4. The summed E-state index contributed by atoms with van der Waals surface area (Å²) in [7, 11) is 0. The van der Waals surface area contributed by atoms with Crippen LogP contribution in [-0.4, -0.2) is 71.8 Å². The van der Waals surface area contributed by atoms with Gasteiger partial charge in [0.25, 0.3) is 5.91 Å². The highest BCUT2D eigenvalue weighted by molar-refractivity contribution is 5.87. The Morgan fingerprint density at radius 3 is 2.23 bits per heavy atom. The number of carbonyl (C=O) groups excluding carboxylic acids is 3. The molecule has 1 aliphatic heterocycles. The van der Waals surface area contributed by atoms with E-state index >= 15 is 0 Å². The molecule has 3 aromatic rings. The van der Waals surface area contributed by atoms with Crippen LogP contribution in [-0.2, 0) is 22.4 Å². The highest BCUT2D eigenvalue weighted by Gasteiger charge is 2.35. The van der Waals surface area contributed by atoms with Crippen LogP contribution < -0.4 is 20.7 Å². The summed E-state index contributed by atoms with van der Waals surface area (Å²) in [6.45, 7) is 8.41. The first kappa shape index (κ1) is 35.4. The zero-order valence-corrected chi connectivity index (χ0v) is 27.7. The molecule has 3 aromatic carbocycles. The molecule has 4 atom stereocenters. The second kappa shape index (κ2) is 16.9. The first-order valence-electron chi connectivity index (χ1n) is 16.3. The van der Waals surface area contributed by atoms with Gasteiger partial charge in [0.15, 0.2) is 6.61 Å². The van der Waals surface area contributed by atoms with Crippen LogP contribution in [0.5, 0.6) is 5.75 Å². The number of aliphatic hydroxyl groups is 1. The van der Waals surface area contributed by atoms with Crippen LogP contribution in [0.15, 0.2) is 72.8 Å². The van der Waals surface area contributed by atoms with Crippen molar-refractivity contribution in [2.75, 3.05) is 19.7 Å². The lowest BCUT2D eigenvalue weighted by molar-refractivity contribution is -0.128. The second-order valence-corrected chi connectivity index (χ2v) is 12.7. The van der Waals surface area contributed by atoms with Crippen molar-refractivity contribution < 1.29 is 28.6 Å². The Morgan fingerprint density at radius 1 is 0.936 bits per heavy atom. The van der Waals surface area contributed by atoms with E-state index in [0.717, 1.165) is 28.7 Å². The van der Waals surface area contributed by atoms with Gasteiger partial charge in [0.05, 0.1) is 12.1 Å². The number of halogens is 1. The SMILES string of the molecule is Cc1cccc(C)c1OCC(=O)N[C@@H](Cc1ccccc1)[C@@H](O)C[C@H](Cc1ccc(F)cc1)NC(=O)[C@H](C(C)C)N1CCCNC1=O. The molecule has 0 aliphatic carbocycles.